The average molecular weight is 411 g/mol. The molecule has 1 unspecified atom stereocenters. The zero-order valence-corrected chi connectivity index (χ0v) is 15.8. The molecule has 0 saturated heterocycles. The summed E-state index contributed by atoms with van der Waals surface area (Å²) in [6, 6.07) is 17.1. The summed E-state index contributed by atoms with van der Waals surface area (Å²) in [6.45, 7) is 0. The van der Waals surface area contributed by atoms with E-state index in [0.29, 0.717) is 5.96 Å². The second-order valence-corrected chi connectivity index (χ2v) is 7.94. The van der Waals surface area contributed by atoms with Crippen LogP contribution in [0.2, 0.25) is 0 Å². The molecule has 0 bridgehead atoms. The van der Waals surface area contributed by atoms with Crippen molar-refractivity contribution >= 4 is 64.1 Å². The van der Waals surface area contributed by atoms with Gasteiger partial charge in [0.25, 0.3) is 0 Å². The molecular weight excluding hydrogens is 395 g/mol. The number of benzene rings is 2. The number of carbonyl (C=O) groups excluding carboxylic acids is 1. The number of guanidine groups is 1. The summed E-state index contributed by atoms with van der Waals surface area (Å²) in [5.74, 6) is 0.0971. The predicted octanol–water partition coefficient (Wildman–Crippen LogP) is 3.19. The van der Waals surface area contributed by atoms with Gasteiger partial charge in [-0.1, -0.05) is 77.3 Å². The lowest BCUT2D eigenvalue weighted by Gasteiger charge is -2.20. The van der Waals surface area contributed by atoms with Gasteiger partial charge < -0.3 is 5.32 Å². The van der Waals surface area contributed by atoms with Crippen LogP contribution in [0.1, 0.15) is 5.56 Å². The Labute approximate surface area is 166 Å². The maximum Gasteiger partial charge on any atom is 0.306 e. The van der Waals surface area contributed by atoms with Gasteiger partial charge in [-0.25, -0.2) is 5.32 Å². The largest absolute Gasteiger partial charge is 0.327 e. The molecule has 2 aromatic rings. The molecule has 4 N–H and O–H groups in total. The molecule has 0 aliphatic carbocycles. The van der Waals surface area contributed by atoms with Crippen molar-refractivity contribution in [2.45, 2.75) is 9.96 Å². The van der Waals surface area contributed by atoms with Crippen molar-refractivity contribution in [2.24, 2.45) is 4.99 Å². The van der Waals surface area contributed by atoms with E-state index in [0.717, 1.165) is 16.9 Å². The van der Waals surface area contributed by atoms with Crippen LogP contribution in [0.5, 0.6) is 0 Å². The Morgan fingerprint density at radius 1 is 1.12 bits per heavy atom. The third-order valence-electron chi connectivity index (χ3n) is 3.60. The number of rotatable bonds is 4. The van der Waals surface area contributed by atoms with Crippen LogP contribution in [0.15, 0.2) is 65.7 Å². The Hall–Kier alpha value is -2.05. The molecule has 0 fully saturated rings. The molecule has 5 nitrogen and oxygen atoms in total. The van der Waals surface area contributed by atoms with Crippen LogP contribution >= 0.6 is 34.8 Å². The Bertz CT molecular complexity index is 820. The van der Waals surface area contributed by atoms with Crippen molar-refractivity contribution in [3.05, 3.63) is 66.2 Å². The SMILES string of the molecule is O=C(/C=C/c1ccccc1)NC(/N=C1/Nc2ccccc2[NH2+]1)C(Cl)(Cl)Cl. The highest BCUT2D eigenvalue weighted by Gasteiger charge is 2.35. The van der Waals surface area contributed by atoms with E-state index < -0.39 is 15.9 Å². The fourth-order valence-corrected chi connectivity index (χ4v) is 2.68. The lowest BCUT2D eigenvalue weighted by atomic mass is 10.2. The molecule has 26 heavy (non-hydrogen) atoms. The first kappa shape index (κ1) is 18.7. The maximum absolute atomic E-state index is 12.2. The summed E-state index contributed by atoms with van der Waals surface area (Å²) in [5, 5.41) is 7.55. The Kier molecular flexibility index (Phi) is 5.84. The van der Waals surface area contributed by atoms with Crippen molar-refractivity contribution in [3.63, 3.8) is 0 Å². The van der Waals surface area contributed by atoms with Gasteiger partial charge in [-0.05, 0) is 17.7 Å². The van der Waals surface area contributed by atoms with E-state index in [1.807, 2.05) is 59.9 Å². The van der Waals surface area contributed by atoms with Gasteiger partial charge in [0.1, 0.15) is 5.69 Å². The summed E-state index contributed by atoms with van der Waals surface area (Å²) < 4.78 is -1.80. The van der Waals surface area contributed by atoms with Gasteiger partial charge in [0.2, 0.25) is 9.70 Å². The minimum absolute atomic E-state index is 0.412. The molecular formula is C18H16Cl3N4O+. The minimum Gasteiger partial charge on any atom is -0.327 e. The van der Waals surface area contributed by atoms with Gasteiger partial charge in [0.05, 0.1) is 0 Å². The first-order valence-corrected chi connectivity index (χ1v) is 8.94. The van der Waals surface area contributed by atoms with Crippen LogP contribution < -0.4 is 16.0 Å². The molecule has 0 radical (unpaired) electrons. The number of fused-ring (bicyclic) bond motifs is 1. The smallest absolute Gasteiger partial charge is 0.306 e. The van der Waals surface area contributed by atoms with Crippen molar-refractivity contribution in [2.75, 3.05) is 5.32 Å². The van der Waals surface area contributed by atoms with Crippen molar-refractivity contribution in [1.29, 1.82) is 0 Å². The summed E-state index contributed by atoms with van der Waals surface area (Å²) in [7, 11) is 0. The van der Waals surface area contributed by atoms with E-state index in [1.165, 1.54) is 6.08 Å². The third kappa shape index (κ3) is 4.99. The highest BCUT2D eigenvalue weighted by molar-refractivity contribution is 6.68. The van der Waals surface area contributed by atoms with Gasteiger partial charge in [-0.2, -0.15) is 4.99 Å². The topological polar surface area (TPSA) is 70.1 Å². The van der Waals surface area contributed by atoms with Crippen molar-refractivity contribution in [1.82, 2.24) is 5.32 Å². The minimum atomic E-state index is -1.80. The normalized spacial score (nSPS) is 16.3. The Balaban J connectivity index is 1.70. The number of amides is 1. The number of hydrogen-bond acceptors (Lipinski definition) is 2. The number of nitrogens with zero attached hydrogens (tertiary/aromatic N) is 1. The van der Waals surface area contributed by atoms with Crippen LogP contribution in [-0.2, 0) is 4.79 Å². The molecule has 1 heterocycles. The number of nitrogens with one attached hydrogen (secondary N) is 2. The van der Waals surface area contributed by atoms with Crippen LogP contribution in [0.3, 0.4) is 0 Å². The number of anilines is 1. The molecule has 1 aliphatic heterocycles. The molecule has 1 aliphatic rings. The highest BCUT2D eigenvalue weighted by Crippen LogP contribution is 2.31. The fraction of sp³-hybridized carbons (Fsp3) is 0.111. The van der Waals surface area contributed by atoms with Crippen LogP contribution in [0.4, 0.5) is 11.4 Å². The van der Waals surface area contributed by atoms with Crippen LogP contribution in [0, 0.1) is 0 Å². The molecule has 2 aromatic carbocycles. The molecule has 8 heteroatoms. The number of para-hydroxylation sites is 2. The maximum atomic E-state index is 12.2. The van der Waals surface area contributed by atoms with E-state index in [4.69, 9.17) is 34.8 Å². The predicted molar refractivity (Wildman–Crippen MR) is 107 cm³/mol. The molecule has 1 atom stereocenters. The number of nitrogens with two attached hydrogens (primary N) is 1. The molecule has 134 valence electrons. The van der Waals surface area contributed by atoms with Gasteiger partial charge >= 0.3 is 5.96 Å². The summed E-state index contributed by atoms with van der Waals surface area (Å²) in [5.41, 5.74) is 2.77. The molecule has 0 spiro atoms. The van der Waals surface area contributed by atoms with Crippen molar-refractivity contribution < 1.29 is 10.1 Å². The number of alkyl halides is 3. The van der Waals surface area contributed by atoms with E-state index in [2.05, 4.69) is 15.6 Å². The quantitative estimate of drug-likeness (QED) is 0.411. The number of aliphatic imine (C=N–C) groups is 1. The lowest BCUT2D eigenvalue weighted by molar-refractivity contribution is -0.438. The van der Waals surface area contributed by atoms with Gasteiger partial charge in [-0.3, -0.25) is 10.1 Å². The van der Waals surface area contributed by atoms with Crippen molar-refractivity contribution in [3.8, 4) is 0 Å². The van der Waals surface area contributed by atoms with Gasteiger partial charge in [0, 0.05) is 12.1 Å². The Morgan fingerprint density at radius 2 is 1.81 bits per heavy atom. The molecule has 0 saturated carbocycles. The first-order chi connectivity index (χ1) is 12.4. The lowest BCUT2D eigenvalue weighted by Crippen LogP contribution is -2.81. The van der Waals surface area contributed by atoms with E-state index in [-0.39, 0.29) is 0 Å². The summed E-state index contributed by atoms with van der Waals surface area (Å²) >= 11 is 18.0. The van der Waals surface area contributed by atoms with Crippen LogP contribution in [-0.4, -0.2) is 21.8 Å². The molecule has 3 rings (SSSR count). The Morgan fingerprint density at radius 3 is 2.50 bits per heavy atom. The number of quaternary nitrogens is 1. The average Bonchev–Trinajstić information content (AvgIpc) is 3.02. The van der Waals surface area contributed by atoms with E-state index >= 15 is 0 Å². The second kappa shape index (κ2) is 8.10. The second-order valence-electron chi connectivity index (χ2n) is 5.57. The summed E-state index contributed by atoms with van der Waals surface area (Å²) in [4.78, 5) is 16.5. The van der Waals surface area contributed by atoms with E-state index in [9.17, 15) is 4.79 Å². The molecule has 1 amide bonds. The summed E-state index contributed by atoms with van der Waals surface area (Å²) in [6.07, 6.45) is 2.00. The van der Waals surface area contributed by atoms with E-state index in [1.54, 1.807) is 6.08 Å². The number of halogens is 3. The highest BCUT2D eigenvalue weighted by atomic mass is 35.6. The zero-order chi connectivity index (χ0) is 18.6. The first-order valence-electron chi connectivity index (χ1n) is 7.81. The van der Waals surface area contributed by atoms with Gasteiger partial charge in [-0.15, -0.1) is 0 Å². The zero-order valence-electron chi connectivity index (χ0n) is 13.5. The monoisotopic (exact) mass is 409 g/mol. The molecule has 0 aromatic heterocycles. The van der Waals surface area contributed by atoms with Gasteiger partial charge in [0.15, 0.2) is 11.9 Å². The standard InChI is InChI=1S/C18H15Cl3N4O/c19-18(20,21)16(24-15(26)11-10-12-6-2-1-3-7-12)25-17-22-13-8-4-5-9-14(13)23-17/h1-11,16H,(H,24,26)(H2,22,23,25)/p+1/b11-10+. The third-order valence-corrected chi connectivity index (χ3v) is 4.22. The fourth-order valence-electron chi connectivity index (χ4n) is 2.37. The van der Waals surface area contributed by atoms with Crippen LogP contribution in [0.25, 0.3) is 6.08 Å². The number of carbonyl (C=O) groups is 1. The number of hydrogen-bond donors (Lipinski definition) is 3.